The number of nitro benzene ring substituents is 1. The molecule has 26 heavy (non-hydrogen) atoms. The molecule has 4 rings (SSSR count). The Labute approximate surface area is 149 Å². The second kappa shape index (κ2) is 6.48. The smallest absolute Gasteiger partial charge is 0.269 e. The van der Waals surface area contributed by atoms with Crippen LogP contribution in [0.25, 0.3) is 16.5 Å². The Balaban J connectivity index is 1.52. The van der Waals surface area contributed by atoms with Gasteiger partial charge in [0, 0.05) is 53.4 Å². The van der Waals surface area contributed by atoms with Gasteiger partial charge in [0.1, 0.15) is 0 Å². The zero-order chi connectivity index (χ0) is 18.1. The van der Waals surface area contributed by atoms with Crippen molar-refractivity contribution in [3.63, 3.8) is 0 Å². The molecule has 0 atom stereocenters. The number of amides is 1. The summed E-state index contributed by atoms with van der Waals surface area (Å²) >= 11 is 0. The van der Waals surface area contributed by atoms with Crippen molar-refractivity contribution in [3.05, 3.63) is 82.0 Å². The molecule has 1 amide bonds. The Morgan fingerprint density at radius 3 is 2.58 bits per heavy atom. The summed E-state index contributed by atoms with van der Waals surface area (Å²) < 4.78 is 0. The number of nitro groups is 1. The summed E-state index contributed by atoms with van der Waals surface area (Å²) in [6, 6.07) is 13.9. The Morgan fingerprint density at radius 1 is 1.12 bits per heavy atom. The first-order chi connectivity index (χ1) is 12.6. The van der Waals surface area contributed by atoms with Crippen LogP contribution in [-0.2, 0) is 0 Å². The van der Waals surface area contributed by atoms with Crippen molar-refractivity contribution in [3.8, 4) is 0 Å². The van der Waals surface area contributed by atoms with E-state index in [4.69, 9.17) is 0 Å². The first kappa shape index (κ1) is 16.1. The molecule has 1 aromatic heterocycles. The number of para-hydroxylation sites is 1. The number of H-pyrrole nitrogens is 1. The highest BCUT2D eigenvalue weighted by atomic mass is 16.6. The highest BCUT2D eigenvalue weighted by molar-refractivity contribution is 5.96. The summed E-state index contributed by atoms with van der Waals surface area (Å²) in [5.41, 5.74) is 3.98. The van der Waals surface area contributed by atoms with Gasteiger partial charge in [0.2, 0.25) is 0 Å². The van der Waals surface area contributed by atoms with Crippen LogP contribution < -0.4 is 0 Å². The molecule has 2 aromatic carbocycles. The number of hydrogen-bond acceptors (Lipinski definition) is 3. The minimum Gasteiger partial charge on any atom is -0.361 e. The number of hydrogen-bond donors (Lipinski definition) is 1. The minimum absolute atomic E-state index is 0.0123. The minimum atomic E-state index is -0.467. The Hall–Kier alpha value is -3.41. The number of rotatable bonds is 3. The van der Waals surface area contributed by atoms with E-state index in [9.17, 15) is 14.9 Å². The van der Waals surface area contributed by atoms with E-state index >= 15 is 0 Å². The number of aromatic nitrogens is 1. The first-order valence-electron chi connectivity index (χ1n) is 8.43. The highest BCUT2D eigenvalue weighted by Gasteiger charge is 2.21. The molecule has 0 radical (unpaired) electrons. The van der Waals surface area contributed by atoms with Crippen LogP contribution in [0.3, 0.4) is 0 Å². The van der Waals surface area contributed by atoms with Crippen molar-refractivity contribution in [2.24, 2.45) is 0 Å². The standard InChI is InChI=1S/C20H17N3O3/c24-20(15-5-7-16(8-6-15)23(25)26)22-11-9-14(10-12-22)18-13-21-19-4-2-1-3-17(18)19/h1-9,13,21H,10-12H2. The lowest BCUT2D eigenvalue weighted by Gasteiger charge is -2.26. The second-order valence-corrected chi connectivity index (χ2v) is 6.28. The van der Waals surface area contributed by atoms with E-state index in [0.717, 1.165) is 11.9 Å². The van der Waals surface area contributed by atoms with Gasteiger partial charge in [-0.05, 0) is 30.2 Å². The van der Waals surface area contributed by atoms with E-state index in [2.05, 4.69) is 17.1 Å². The van der Waals surface area contributed by atoms with Gasteiger partial charge >= 0.3 is 0 Å². The van der Waals surface area contributed by atoms with E-state index in [0.29, 0.717) is 18.7 Å². The molecule has 0 fully saturated rings. The third kappa shape index (κ3) is 2.86. The van der Waals surface area contributed by atoms with Gasteiger partial charge in [-0.25, -0.2) is 0 Å². The molecule has 0 bridgehead atoms. The van der Waals surface area contributed by atoms with Gasteiger partial charge in [-0.15, -0.1) is 0 Å². The molecule has 3 aromatic rings. The molecule has 0 saturated heterocycles. The van der Waals surface area contributed by atoms with Crippen LogP contribution in [0.5, 0.6) is 0 Å². The number of nitrogens with zero attached hydrogens (tertiary/aromatic N) is 2. The van der Waals surface area contributed by atoms with Crippen LogP contribution in [0.1, 0.15) is 22.3 Å². The first-order valence-corrected chi connectivity index (χ1v) is 8.43. The Morgan fingerprint density at radius 2 is 1.88 bits per heavy atom. The number of nitrogens with one attached hydrogen (secondary N) is 1. The lowest BCUT2D eigenvalue weighted by atomic mass is 9.98. The number of fused-ring (bicyclic) bond motifs is 1. The van der Waals surface area contributed by atoms with Crippen molar-refractivity contribution in [2.45, 2.75) is 6.42 Å². The van der Waals surface area contributed by atoms with E-state index in [-0.39, 0.29) is 11.6 Å². The maximum absolute atomic E-state index is 12.6. The van der Waals surface area contributed by atoms with Crippen molar-refractivity contribution in [1.29, 1.82) is 0 Å². The Kier molecular flexibility index (Phi) is 4.01. The molecule has 0 aliphatic carbocycles. The fraction of sp³-hybridized carbons (Fsp3) is 0.150. The number of aromatic amines is 1. The van der Waals surface area contributed by atoms with Crippen LogP contribution in [-0.4, -0.2) is 33.8 Å². The summed E-state index contributed by atoms with van der Waals surface area (Å²) in [6.45, 7) is 1.16. The summed E-state index contributed by atoms with van der Waals surface area (Å²) in [7, 11) is 0. The van der Waals surface area contributed by atoms with Gasteiger partial charge in [-0.3, -0.25) is 14.9 Å². The predicted molar refractivity (Wildman–Crippen MR) is 99.9 cm³/mol. The summed E-state index contributed by atoms with van der Waals surface area (Å²) in [6.07, 6.45) is 4.88. The average Bonchev–Trinajstić information content (AvgIpc) is 3.12. The number of carbonyl (C=O) groups excluding carboxylic acids is 1. The maximum Gasteiger partial charge on any atom is 0.269 e. The SMILES string of the molecule is O=C(c1ccc([N+](=O)[O-])cc1)N1CC=C(c2c[nH]c3ccccc23)CC1. The molecular formula is C20H17N3O3. The zero-order valence-electron chi connectivity index (χ0n) is 14.0. The molecule has 1 aliphatic rings. The van der Waals surface area contributed by atoms with Crippen LogP contribution in [0.15, 0.2) is 60.8 Å². The molecule has 0 spiro atoms. The second-order valence-electron chi connectivity index (χ2n) is 6.28. The largest absolute Gasteiger partial charge is 0.361 e. The van der Waals surface area contributed by atoms with Crippen molar-refractivity contribution < 1.29 is 9.72 Å². The molecule has 1 aliphatic heterocycles. The van der Waals surface area contributed by atoms with Gasteiger partial charge in [0.15, 0.2) is 0 Å². The van der Waals surface area contributed by atoms with Crippen LogP contribution in [0.2, 0.25) is 0 Å². The third-order valence-corrected chi connectivity index (χ3v) is 4.76. The summed E-state index contributed by atoms with van der Waals surface area (Å²) in [5.74, 6) is -0.103. The predicted octanol–water partition coefficient (Wildman–Crippen LogP) is 4.01. The van der Waals surface area contributed by atoms with Crippen molar-refractivity contribution in [2.75, 3.05) is 13.1 Å². The average molecular weight is 347 g/mol. The monoisotopic (exact) mass is 347 g/mol. The fourth-order valence-corrected chi connectivity index (χ4v) is 3.34. The molecular weight excluding hydrogens is 330 g/mol. The van der Waals surface area contributed by atoms with E-state index in [1.54, 1.807) is 4.90 Å². The van der Waals surface area contributed by atoms with Crippen molar-refractivity contribution in [1.82, 2.24) is 9.88 Å². The van der Waals surface area contributed by atoms with Gasteiger partial charge in [-0.2, -0.15) is 0 Å². The van der Waals surface area contributed by atoms with E-state index in [1.165, 1.54) is 40.8 Å². The van der Waals surface area contributed by atoms with E-state index in [1.807, 2.05) is 24.4 Å². The summed E-state index contributed by atoms with van der Waals surface area (Å²) in [4.78, 5) is 27.9. The van der Waals surface area contributed by atoms with Crippen molar-refractivity contribution >= 4 is 28.1 Å². The van der Waals surface area contributed by atoms with Gasteiger partial charge in [-0.1, -0.05) is 24.3 Å². The molecule has 0 unspecified atom stereocenters. The number of carbonyl (C=O) groups is 1. The molecule has 1 N–H and O–H groups in total. The Bertz CT molecular complexity index is 1020. The van der Waals surface area contributed by atoms with Gasteiger partial charge in [0.05, 0.1) is 4.92 Å². The van der Waals surface area contributed by atoms with Crippen LogP contribution in [0, 0.1) is 10.1 Å². The quantitative estimate of drug-likeness (QED) is 0.574. The normalized spacial score (nSPS) is 14.3. The van der Waals surface area contributed by atoms with E-state index < -0.39 is 4.92 Å². The van der Waals surface area contributed by atoms with Crippen LogP contribution >= 0.6 is 0 Å². The van der Waals surface area contributed by atoms with Gasteiger partial charge < -0.3 is 9.88 Å². The lowest BCUT2D eigenvalue weighted by molar-refractivity contribution is -0.384. The fourth-order valence-electron chi connectivity index (χ4n) is 3.34. The lowest BCUT2D eigenvalue weighted by Crippen LogP contribution is -2.34. The van der Waals surface area contributed by atoms with Crippen LogP contribution in [0.4, 0.5) is 5.69 Å². The molecule has 6 nitrogen and oxygen atoms in total. The highest BCUT2D eigenvalue weighted by Crippen LogP contribution is 2.29. The third-order valence-electron chi connectivity index (χ3n) is 4.76. The number of non-ortho nitro benzene ring substituents is 1. The van der Waals surface area contributed by atoms with Gasteiger partial charge in [0.25, 0.3) is 11.6 Å². The molecule has 2 heterocycles. The zero-order valence-corrected chi connectivity index (χ0v) is 14.0. The molecule has 130 valence electrons. The molecule has 6 heteroatoms. The topological polar surface area (TPSA) is 79.2 Å². The molecule has 0 saturated carbocycles. The maximum atomic E-state index is 12.6. The summed E-state index contributed by atoms with van der Waals surface area (Å²) in [5, 5.41) is 11.9. The number of benzene rings is 2.